The van der Waals surface area contributed by atoms with E-state index in [9.17, 15) is 19.8 Å². The number of aliphatic hydroxyl groups excluding tert-OH is 1. The van der Waals surface area contributed by atoms with Crippen LogP contribution in [0.2, 0.25) is 0 Å². The molecule has 0 saturated carbocycles. The molecule has 2 N–H and O–H groups in total. The molecule has 1 fully saturated rings. The van der Waals surface area contributed by atoms with Gasteiger partial charge in [-0.1, -0.05) is 65.9 Å². The van der Waals surface area contributed by atoms with Gasteiger partial charge in [0.05, 0.1) is 21.8 Å². The van der Waals surface area contributed by atoms with E-state index in [-0.39, 0.29) is 17.1 Å². The lowest BCUT2D eigenvalue weighted by Gasteiger charge is -2.23. The Morgan fingerprint density at radius 3 is 2.29 bits per heavy atom. The van der Waals surface area contributed by atoms with Crippen LogP contribution in [0.4, 0.5) is 5.13 Å². The molecule has 0 unspecified atom stereocenters. The quantitative estimate of drug-likeness (QED) is 0.282. The number of aromatic hydroxyl groups is 1. The number of phenolic OH excluding ortho intramolecular Hbond substituents is 1. The average molecular weight is 428 g/mol. The van der Waals surface area contributed by atoms with Gasteiger partial charge in [-0.15, -0.1) is 0 Å². The number of Topliss-reactive ketones (excluding diaryl/α,β-unsaturated/α-hetero) is 1. The highest BCUT2D eigenvalue weighted by molar-refractivity contribution is 7.22. The molecule has 5 rings (SSSR count). The number of rotatable bonds is 3. The van der Waals surface area contributed by atoms with Crippen molar-refractivity contribution in [2.45, 2.75) is 6.04 Å². The predicted molar refractivity (Wildman–Crippen MR) is 119 cm³/mol. The number of phenols is 1. The van der Waals surface area contributed by atoms with Gasteiger partial charge in [-0.05, 0) is 29.8 Å². The molecule has 0 radical (unpaired) electrons. The predicted octanol–water partition coefficient (Wildman–Crippen LogP) is 4.63. The number of anilines is 1. The monoisotopic (exact) mass is 428 g/mol. The maximum absolute atomic E-state index is 13.1. The number of para-hydroxylation sites is 1. The van der Waals surface area contributed by atoms with Gasteiger partial charge in [0.15, 0.2) is 5.13 Å². The van der Waals surface area contributed by atoms with E-state index in [0.29, 0.717) is 16.3 Å². The molecule has 1 amide bonds. The molecule has 7 heteroatoms. The van der Waals surface area contributed by atoms with Crippen LogP contribution >= 0.6 is 11.3 Å². The third-order valence-corrected chi connectivity index (χ3v) is 6.22. The van der Waals surface area contributed by atoms with Gasteiger partial charge in [0.25, 0.3) is 5.78 Å². The van der Waals surface area contributed by atoms with Crippen molar-refractivity contribution < 1.29 is 19.8 Å². The van der Waals surface area contributed by atoms with E-state index in [1.807, 2.05) is 24.3 Å². The second kappa shape index (κ2) is 7.37. The van der Waals surface area contributed by atoms with Crippen molar-refractivity contribution in [3.8, 4) is 5.75 Å². The second-order valence-corrected chi connectivity index (χ2v) is 8.10. The molecule has 1 atom stereocenters. The van der Waals surface area contributed by atoms with Crippen LogP contribution in [0.15, 0.2) is 84.4 Å². The fourth-order valence-corrected chi connectivity index (χ4v) is 4.71. The maximum Gasteiger partial charge on any atom is 0.301 e. The number of benzene rings is 3. The third kappa shape index (κ3) is 3.15. The summed E-state index contributed by atoms with van der Waals surface area (Å²) in [6, 6.07) is 21.5. The first-order chi connectivity index (χ1) is 15.0. The molecule has 31 heavy (non-hydrogen) atoms. The minimum Gasteiger partial charge on any atom is -0.508 e. The highest BCUT2D eigenvalue weighted by Crippen LogP contribution is 2.44. The first-order valence-corrected chi connectivity index (χ1v) is 10.4. The van der Waals surface area contributed by atoms with Crippen LogP contribution in [0, 0.1) is 0 Å². The number of thiazole rings is 1. The summed E-state index contributed by atoms with van der Waals surface area (Å²) in [6.45, 7) is 0. The zero-order valence-electron chi connectivity index (χ0n) is 16.1. The van der Waals surface area contributed by atoms with Crippen LogP contribution < -0.4 is 4.90 Å². The summed E-state index contributed by atoms with van der Waals surface area (Å²) < 4.78 is 0.881. The zero-order chi connectivity index (χ0) is 21.5. The number of fused-ring (bicyclic) bond motifs is 1. The number of ketones is 1. The largest absolute Gasteiger partial charge is 0.508 e. The van der Waals surface area contributed by atoms with Crippen LogP contribution in [0.1, 0.15) is 17.2 Å². The van der Waals surface area contributed by atoms with Crippen molar-refractivity contribution in [3.05, 3.63) is 95.6 Å². The van der Waals surface area contributed by atoms with Crippen molar-refractivity contribution in [1.29, 1.82) is 0 Å². The van der Waals surface area contributed by atoms with Gasteiger partial charge >= 0.3 is 5.91 Å². The number of amides is 1. The molecule has 1 aliphatic rings. The van der Waals surface area contributed by atoms with Gasteiger partial charge in [0.2, 0.25) is 0 Å². The fraction of sp³-hybridized carbons (Fsp3) is 0.0417. The Bertz CT molecular complexity index is 1310. The van der Waals surface area contributed by atoms with Gasteiger partial charge in [0.1, 0.15) is 11.5 Å². The second-order valence-electron chi connectivity index (χ2n) is 7.09. The van der Waals surface area contributed by atoms with Crippen LogP contribution in [0.25, 0.3) is 16.0 Å². The Balaban J connectivity index is 1.74. The summed E-state index contributed by atoms with van der Waals surface area (Å²) in [5.41, 5.74) is 1.72. The molecule has 152 valence electrons. The lowest BCUT2D eigenvalue weighted by molar-refractivity contribution is -0.132. The standard InChI is InChI=1S/C24H16N2O4S/c27-16-12-10-14(11-13-16)20-19(21(28)15-6-2-1-3-7-15)22(29)23(30)26(20)24-25-17-8-4-5-9-18(17)31-24/h1-13,20,27-28H/t20-/m0/s1. The van der Waals surface area contributed by atoms with E-state index < -0.39 is 17.7 Å². The van der Waals surface area contributed by atoms with Crippen molar-refractivity contribution in [1.82, 2.24) is 4.98 Å². The number of carbonyl (C=O) groups is 2. The SMILES string of the molecule is O=C1C(=O)N(c2nc3ccccc3s2)[C@@H](c2ccc(O)cc2)C1=C(O)c1ccccc1. The topological polar surface area (TPSA) is 90.7 Å². The molecule has 2 heterocycles. The third-order valence-electron chi connectivity index (χ3n) is 5.19. The molecule has 4 aromatic rings. The molecule has 6 nitrogen and oxygen atoms in total. The Morgan fingerprint density at radius 1 is 0.903 bits per heavy atom. The first kappa shape index (κ1) is 19.0. The van der Waals surface area contributed by atoms with E-state index in [1.54, 1.807) is 42.5 Å². The highest BCUT2D eigenvalue weighted by Gasteiger charge is 2.48. The van der Waals surface area contributed by atoms with Gasteiger partial charge in [0, 0.05) is 5.56 Å². The van der Waals surface area contributed by atoms with Gasteiger partial charge in [-0.3, -0.25) is 14.5 Å². The van der Waals surface area contributed by atoms with E-state index in [0.717, 1.165) is 10.2 Å². The number of hydrogen-bond acceptors (Lipinski definition) is 6. The van der Waals surface area contributed by atoms with Crippen LogP contribution in [-0.4, -0.2) is 26.9 Å². The minimum atomic E-state index is -0.874. The number of aromatic nitrogens is 1. The number of nitrogens with zero attached hydrogens (tertiary/aromatic N) is 2. The molecule has 0 bridgehead atoms. The molecule has 1 saturated heterocycles. The fourth-order valence-electron chi connectivity index (χ4n) is 3.72. The lowest BCUT2D eigenvalue weighted by atomic mass is 9.95. The number of carbonyl (C=O) groups excluding carboxylic acids is 2. The molecule has 0 spiro atoms. The zero-order valence-corrected chi connectivity index (χ0v) is 16.9. The van der Waals surface area contributed by atoms with Crippen molar-refractivity contribution >= 4 is 44.1 Å². The molecule has 1 aliphatic heterocycles. The summed E-state index contributed by atoms with van der Waals surface area (Å²) in [6.07, 6.45) is 0. The van der Waals surface area contributed by atoms with Crippen LogP contribution in [0.3, 0.4) is 0 Å². The Labute approximate surface area is 181 Å². The number of hydrogen-bond donors (Lipinski definition) is 2. The van der Waals surface area contributed by atoms with Crippen LogP contribution in [0.5, 0.6) is 5.75 Å². The minimum absolute atomic E-state index is 0.0128. The molecular formula is C24H16N2O4S. The molecule has 1 aromatic heterocycles. The van der Waals surface area contributed by atoms with E-state index >= 15 is 0 Å². The average Bonchev–Trinajstić information content (AvgIpc) is 3.33. The molecular weight excluding hydrogens is 412 g/mol. The van der Waals surface area contributed by atoms with Gasteiger partial charge in [-0.25, -0.2) is 4.98 Å². The highest BCUT2D eigenvalue weighted by atomic mass is 32.1. The van der Waals surface area contributed by atoms with Crippen molar-refractivity contribution in [3.63, 3.8) is 0 Å². The molecule has 3 aromatic carbocycles. The Hall–Kier alpha value is -3.97. The Morgan fingerprint density at radius 2 is 1.58 bits per heavy atom. The smallest absolute Gasteiger partial charge is 0.301 e. The summed E-state index contributed by atoms with van der Waals surface area (Å²) in [4.78, 5) is 32.1. The van der Waals surface area contributed by atoms with Gasteiger partial charge in [-0.2, -0.15) is 0 Å². The van der Waals surface area contributed by atoms with Crippen molar-refractivity contribution in [2.24, 2.45) is 0 Å². The van der Waals surface area contributed by atoms with Gasteiger partial charge < -0.3 is 10.2 Å². The lowest BCUT2D eigenvalue weighted by Crippen LogP contribution is -2.29. The first-order valence-electron chi connectivity index (χ1n) is 9.55. The van der Waals surface area contributed by atoms with Crippen LogP contribution in [-0.2, 0) is 9.59 Å². The van der Waals surface area contributed by atoms with E-state index in [4.69, 9.17) is 0 Å². The van der Waals surface area contributed by atoms with E-state index in [2.05, 4.69) is 4.98 Å². The summed E-state index contributed by atoms with van der Waals surface area (Å²) in [5.74, 6) is -1.72. The summed E-state index contributed by atoms with van der Waals surface area (Å²) in [5, 5.41) is 21.1. The Kier molecular flexibility index (Phi) is 4.52. The number of aliphatic hydroxyl groups is 1. The maximum atomic E-state index is 13.1. The summed E-state index contributed by atoms with van der Waals surface area (Å²) >= 11 is 1.30. The van der Waals surface area contributed by atoms with Crippen molar-refractivity contribution in [2.75, 3.05) is 4.90 Å². The summed E-state index contributed by atoms with van der Waals surface area (Å²) in [7, 11) is 0. The molecule has 0 aliphatic carbocycles. The van der Waals surface area contributed by atoms with E-state index in [1.165, 1.54) is 28.4 Å². The normalized spacial score (nSPS) is 18.1.